The fourth-order valence-corrected chi connectivity index (χ4v) is 2.68. The third-order valence-electron chi connectivity index (χ3n) is 3.85. The number of aliphatic hydroxyl groups is 2. The van der Waals surface area contributed by atoms with Crippen LogP contribution in [0.5, 0.6) is 5.75 Å². The van der Waals surface area contributed by atoms with Crippen LogP contribution in [0.2, 0.25) is 0 Å². The standard InChI is InChI=1S/C16H22FNO4/c17-14-7-12(9-19)16(13(8-14)10-20)22-11-15(21)18-5-3-1-2-4-6-18/h7-8,19-20H,1-6,9-11H2. The molecule has 0 spiro atoms. The van der Waals surface area contributed by atoms with Gasteiger partial charge in [-0.1, -0.05) is 12.8 Å². The normalized spacial score (nSPS) is 15.5. The predicted octanol–water partition coefficient (Wildman–Crippen LogP) is 1.59. The van der Waals surface area contributed by atoms with Gasteiger partial charge in [-0.15, -0.1) is 0 Å². The highest BCUT2D eigenvalue weighted by Gasteiger charge is 2.18. The van der Waals surface area contributed by atoms with Gasteiger partial charge in [-0.25, -0.2) is 4.39 Å². The van der Waals surface area contributed by atoms with Crippen molar-refractivity contribution in [3.63, 3.8) is 0 Å². The number of benzene rings is 1. The minimum atomic E-state index is -0.556. The van der Waals surface area contributed by atoms with Crippen LogP contribution >= 0.6 is 0 Å². The van der Waals surface area contributed by atoms with Gasteiger partial charge < -0.3 is 19.8 Å². The van der Waals surface area contributed by atoms with Gasteiger partial charge in [0.15, 0.2) is 6.61 Å². The van der Waals surface area contributed by atoms with Crippen LogP contribution in [0.1, 0.15) is 36.8 Å². The molecule has 0 aliphatic carbocycles. The summed E-state index contributed by atoms with van der Waals surface area (Å²) in [4.78, 5) is 14.0. The molecule has 22 heavy (non-hydrogen) atoms. The molecule has 1 amide bonds. The largest absolute Gasteiger partial charge is 0.483 e. The molecule has 0 atom stereocenters. The van der Waals surface area contributed by atoms with Crippen LogP contribution in [0, 0.1) is 5.82 Å². The fourth-order valence-electron chi connectivity index (χ4n) is 2.68. The number of amides is 1. The third-order valence-corrected chi connectivity index (χ3v) is 3.85. The van der Waals surface area contributed by atoms with Crippen molar-refractivity contribution in [2.45, 2.75) is 38.9 Å². The van der Waals surface area contributed by atoms with Gasteiger partial charge in [0.05, 0.1) is 13.2 Å². The molecule has 1 aromatic rings. The highest BCUT2D eigenvalue weighted by molar-refractivity contribution is 5.77. The summed E-state index contributed by atoms with van der Waals surface area (Å²) in [5.74, 6) is -0.493. The van der Waals surface area contributed by atoms with Gasteiger partial charge >= 0.3 is 0 Å². The Morgan fingerprint density at radius 2 is 1.64 bits per heavy atom. The first kappa shape index (κ1) is 16.7. The zero-order chi connectivity index (χ0) is 15.9. The van der Waals surface area contributed by atoms with Crippen molar-refractivity contribution >= 4 is 5.91 Å². The lowest BCUT2D eigenvalue weighted by Gasteiger charge is -2.21. The Morgan fingerprint density at radius 3 is 2.14 bits per heavy atom. The van der Waals surface area contributed by atoms with E-state index in [1.165, 1.54) is 0 Å². The second-order valence-corrected chi connectivity index (χ2v) is 5.45. The summed E-state index contributed by atoms with van der Waals surface area (Å²) in [5, 5.41) is 18.6. The Bertz CT molecular complexity index is 488. The molecule has 1 aliphatic rings. The summed E-state index contributed by atoms with van der Waals surface area (Å²) >= 11 is 0. The van der Waals surface area contributed by atoms with Crippen LogP contribution in [-0.2, 0) is 18.0 Å². The SMILES string of the molecule is O=C(COc1c(CO)cc(F)cc1CO)N1CCCCCC1. The van der Waals surface area contributed by atoms with Crippen LogP contribution in [-0.4, -0.2) is 40.7 Å². The van der Waals surface area contributed by atoms with Crippen molar-refractivity contribution in [3.05, 3.63) is 29.1 Å². The van der Waals surface area contributed by atoms with E-state index in [1.807, 2.05) is 0 Å². The number of hydrogen-bond donors (Lipinski definition) is 2. The lowest BCUT2D eigenvalue weighted by molar-refractivity contribution is -0.133. The molecule has 0 unspecified atom stereocenters. The van der Waals surface area contributed by atoms with Crippen molar-refractivity contribution in [3.8, 4) is 5.75 Å². The van der Waals surface area contributed by atoms with E-state index in [4.69, 9.17) is 4.74 Å². The second-order valence-electron chi connectivity index (χ2n) is 5.45. The highest BCUT2D eigenvalue weighted by atomic mass is 19.1. The van der Waals surface area contributed by atoms with Crippen LogP contribution in [0.4, 0.5) is 4.39 Å². The minimum Gasteiger partial charge on any atom is -0.483 e. The predicted molar refractivity (Wildman–Crippen MR) is 78.8 cm³/mol. The van der Waals surface area contributed by atoms with Crippen molar-refractivity contribution in [2.75, 3.05) is 19.7 Å². The van der Waals surface area contributed by atoms with Gasteiger partial charge in [-0.2, -0.15) is 0 Å². The van der Waals surface area contributed by atoms with Gasteiger partial charge in [0, 0.05) is 24.2 Å². The number of rotatable bonds is 5. The fraction of sp³-hybridized carbons (Fsp3) is 0.562. The Labute approximate surface area is 129 Å². The molecule has 0 saturated carbocycles. The van der Waals surface area contributed by atoms with E-state index in [0.29, 0.717) is 0 Å². The third kappa shape index (κ3) is 4.18. The molecule has 2 rings (SSSR count). The number of nitrogens with zero attached hydrogens (tertiary/aromatic N) is 1. The molecule has 0 radical (unpaired) electrons. The molecular formula is C16H22FNO4. The highest BCUT2D eigenvalue weighted by Crippen LogP contribution is 2.26. The summed E-state index contributed by atoms with van der Waals surface area (Å²) in [6, 6.07) is 2.29. The van der Waals surface area contributed by atoms with E-state index in [9.17, 15) is 19.4 Å². The van der Waals surface area contributed by atoms with E-state index in [2.05, 4.69) is 0 Å². The molecule has 1 fully saturated rings. The minimum absolute atomic E-state index is 0.126. The number of carbonyl (C=O) groups is 1. The zero-order valence-electron chi connectivity index (χ0n) is 12.6. The number of likely N-dealkylation sites (tertiary alicyclic amines) is 1. The zero-order valence-corrected chi connectivity index (χ0v) is 12.6. The summed E-state index contributed by atoms with van der Waals surface area (Å²) < 4.78 is 18.8. The number of aliphatic hydroxyl groups excluding tert-OH is 2. The van der Waals surface area contributed by atoms with Crippen LogP contribution < -0.4 is 4.74 Å². The smallest absolute Gasteiger partial charge is 0.260 e. The number of halogens is 1. The monoisotopic (exact) mass is 311 g/mol. The molecule has 0 aromatic heterocycles. The lowest BCUT2D eigenvalue weighted by Crippen LogP contribution is -2.35. The molecule has 1 aromatic carbocycles. The van der Waals surface area contributed by atoms with Crippen molar-refractivity contribution in [1.29, 1.82) is 0 Å². The number of carbonyl (C=O) groups excluding carboxylic acids is 1. The topological polar surface area (TPSA) is 70.0 Å². The Balaban J connectivity index is 2.05. The number of ether oxygens (including phenoxy) is 1. The molecule has 0 bridgehead atoms. The van der Waals surface area contributed by atoms with Crippen molar-refractivity contribution in [1.82, 2.24) is 4.90 Å². The maximum atomic E-state index is 13.4. The maximum absolute atomic E-state index is 13.4. The summed E-state index contributed by atoms with van der Waals surface area (Å²) in [6.45, 7) is 0.443. The van der Waals surface area contributed by atoms with Gasteiger partial charge in [0.25, 0.3) is 5.91 Å². The quantitative estimate of drug-likeness (QED) is 0.866. The first-order valence-electron chi connectivity index (χ1n) is 7.59. The van der Waals surface area contributed by atoms with Crippen molar-refractivity contribution in [2.24, 2.45) is 0 Å². The molecule has 5 nitrogen and oxygen atoms in total. The van der Waals surface area contributed by atoms with Gasteiger partial charge in [0.1, 0.15) is 11.6 Å². The first-order valence-corrected chi connectivity index (χ1v) is 7.59. The van der Waals surface area contributed by atoms with Gasteiger partial charge in [0.2, 0.25) is 0 Å². The summed E-state index contributed by atoms with van der Waals surface area (Å²) in [5.41, 5.74) is 0.459. The van der Waals surface area contributed by atoms with E-state index in [1.54, 1.807) is 4.90 Å². The molecule has 1 aliphatic heterocycles. The van der Waals surface area contributed by atoms with E-state index >= 15 is 0 Å². The van der Waals surface area contributed by atoms with Crippen LogP contribution in [0.3, 0.4) is 0 Å². The van der Waals surface area contributed by atoms with E-state index in [0.717, 1.165) is 50.9 Å². The van der Waals surface area contributed by atoms with E-state index in [-0.39, 0.29) is 29.4 Å². The van der Waals surface area contributed by atoms with Gasteiger partial charge in [-0.3, -0.25) is 4.79 Å². The average molecular weight is 311 g/mol. The van der Waals surface area contributed by atoms with E-state index < -0.39 is 19.0 Å². The molecule has 2 N–H and O–H groups in total. The van der Waals surface area contributed by atoms with Crippen molar-refractivity contribution < 1.29 is 24.1 Å². The lowest BCUT2D eigenvalue weighted by atomic mass is 10.1. The second kappa shape index (κ2) is 8.10. The molecule has 122 valence electrons. The van der Waals surface area contributed by atoms with Crippen LogP contribution in [0.25, 0.3) is 0 Å². The van der Waals surface area contributed by atoms with Gasteiger partial charge in [-0.05, 0) is 25.0 Å². The molecular weight excluding hydrogens is 289 g/mol. The number of hydrogen-bond acceptors (Lipinski definition) is 4. The molecule has 1 saturated heterocycles. The average Bonchev–Trinajstić information content (AvgIpc) is 2.81. The summed E-state index contributed by atoms with van der Waals surface area (Å²) in [6.07, 6.45) is 4.25. The first-order chi connectivity index (χ1) is 10.7. The Hall–Kier alpha value is -1.66. The summed E-state index contributed by atoms with van der Waals surface area (Å²) in [7, 11) is 0. The molecule has 1 heterocycles. The Morgan fingerprint density at radius 1 is 1.09 bits per heavy atom. The Kier molecular flexibility index (Phi) is 6.15. The molecule has 6 heteroatoms. The maximum Gasteiger partial charge on any atom is 0.260 e. The van der Waals surface area contributed by atoms with Crippen LogP contribution in [0.15, 0.2) is 12.1 Å².